The van der Waals surface area contributed by atoms with Crippen LogP contribution in [0.4, 0.5) is 5.82 Å². The molecule has 2 N–H and O–H groups in total. The smallest absolute Gasteiger partial charge is 0.216 e. The van der Waals surface area contributed by atoms with Crippen LogP contribution in [0.1, 0.15) is 65.6 Å². The van der Waals surface area contributed by atoms with Gasteiger partial charge in [-0.05, 0) is 76.2 Å². The van der Waals surface area contributed by atoms with Crippen molar-refractivity contribution in [1.82, 2.24) is 25.1 Å². The molecule has 0 atom stereocenters. The molecule has 1 aliphatic carbocycles. The second kappa shape index (κ2) is 21.5. The first-order valence-corrected chi connectivity index (χ1v) is 17.6. The molecular formula is C36H62N6O5. The molecule has 2 aromatic rings. The number of carbonyl (C=O) groups excluding carboxylic acids is 1. The highest BCUT2D eigenvalue weighted by atomic mass is 16.6. The summed E-state index contributed by atoms with van der Waals surface area (Å²) in [6.07, 6.45) is 6.11. The van der Waals surface area contributed by atoms with Gasteiger partial charge >= 0.3 is 0 Å². The minimum Gasteiger partial charge on any atom is -0.378 e. The van der Waals surface area contributed by atoms with Gasteiger partial charge in [-0.2, -0.15) is 0 Å². The van der Waals surface area contributed by atoms with Gasteiger partial charge in [-0.15, -0.1) is 0 Å². The minimum absolute atomic E-state index is 0.0496. The number of hydrogen-bond donors (Lipinski definition) is 2. The Bertz CT molecular complexity index is 1150. The fraction of sp³-hybridized carbons (Fsp3) is 0.750. The molecule has 1 fully saturated rings. The van der Waals surface area contributed by atoms with Gasteiger partial charge in [0.15, 0.2) is 0 Å². The number of fused-ring (bicyclic) bond motifs is 1. The molecule has 0 aliphatic heterocycles. The van der Waals surface area contributed by atoms with Crippen molar-refractivity contribution < 1.29 is 23.7 Å². The molecule has 1 aromatic carbocycles. The highest BCUT2D eigenvalue weighted by Crippen LogP contribution is 2.39. The Hall–Kier alpha value is -2.41. The Balaban J connectivity index is 1.25. The molecule has 1 aliphatic rings. The van der Waals surface area contributed by atoms with Crippen molar-refractivity contribution in [1.29, 1.82) is 0 Å². The lowest BCUT2D eigenvalue weighted by Crippen LogP contribution is -2.37. The van der Waals surface area contributed by atoms with Crippen LogP contribution in [-0.2, 0) is 30.3 Å². The van der Waals surface area contributed by atoms with Crippen LogP contribution >= 0.6 is 0 Å². The fourth-order valence-corrected chi connectivity index (χ4v) is 6.01. The summed E-state index contributed by atoms with van der Waals surface area (Å²) in [6, 6.07) is 8.90. The number of benzene rings is 1. The molecule has 1 aromatic heterocycles. The minimum atomic E-state index is -0.0496. The van der Waals surface area contributed by atoms with E-state index in [0.29, 0.717) is 70.9 Å². The van der Waals surface area contributed by atoms with Crippen LogP contribution in [0.2, 0.25) is 0 Å². The van der Waals surface area contributed by atoms with Gasteiger partial charge in [0.25, 0.3) is 0 Å². The SMILES string of the molecule is CC(=O)NCCOCCOCCOCCOCCN(C)CCCNc1nc(CN(C)C2CCC(C(C)(C)C)CC2)nc2ccccc12. The van der Waals surface area contributed by atoms with Crippen molar-refractivity contribution in [3.8, 4) is 0 Å². The van der Waals surface area contributed by atoms with E-state index in [1.807, 2.05) is 0 Å². The van der Waals surface area contributed by atoms with E-state index in [1.165, 1.54) is 32.6 Å². The maximum atomic E-state index is 10.8. The van der Waals surface area contributed by atoms with E-state index in [2.05, 4.69) is 79.6 Å². The van der Waals surface area contributed by atoms with E-state index < -0.39 is 0 Å². The molecular weight excluding hydrogens is 596 g/mol. The van der Waals surface area contributed by atoms with Crippen molar-refractivity contribution >= 4 is 22.6 Å². The topological polar surface area (TPSA) is 110 Å². The monoisotopic (exact) mass is 658 g/mol. The first kappa shape index (κ1) is 39.0. The molecule has 0 bridgehead atoms. The van der Waals surface area contributed by atoms with Crippen molar-refractivity contribution in [2.45, 2.75) is 72.4 Å². The Kier molecular flexibility index (Phi) is 17.9. The van der Waals surface area contributed by atoms with Crippen molar-refractivity contribution in [3.05, 3.63) is 30.1 Å². The van der Waals surface area contributed by atoms with Crippen LogP contribution in [0.5, 0.6) is 0 Å². The van der Waals surface area contributed by atoms with Crippen LogP contribution < -0.4 is 10.6 Å². The predicted octanol–water partition coefficient (Wildman–Crippen LogP) is 4.60. The van der Waals surface area contributed by atoms with Crippen molar-refractivity contribution in [3.63, 3.8) is 0 Å². The summed E-state index contributed by atoms with van der Waals surface area (Å²) < 4.78 is 22.2. The average molecular weight is 659 g/mol. The molecule has 11 heteroatoms. The first-order chi connectivity index (χ1) is 22.6. The van der Waals surface area contributed by atoms with Gasteiger partial charge in [-0.1, -0.05) is 32.9 Å². The summed E-state index contributed by atoms with van der Waals surface area (Å²) >= 11 is 0. The van der Waals surface area contributed by atoms with Crippen LogP contribution in [0.25, 0.3) is 10.9 Å². The number of rotatable bonds is 23. The zero-order chi connectivity index (χ0) is 33.9. The fourth-order valence-electron chi connectivity index (χ4n) is 6.01. The first-order valence-electron chi connectivity index (χ1n) is 17.6. The summed E-state index contributed by atoms with van der Waals surface area (Å²) in [5, 5.41) is 7.36. The molecule has 0 spiro atoms. The highest BCUT2D eigenvalue weighted by molar-refractivity contribution is 5.88. The van der Waals surface area contributed by atoms with E-state index in [0.717, 1.165) is 61.1 Å². The number of para-hydroxylation sites is 1. The maximum absolute atomic E-state index is 10.8. The molecule has 0 saturated heterocycles. The van der Waals surface area contributed by atoms with Crippen LogP contribution in [0.3, 0.4) is 0 Å². The van der Waals surface area contributed by atoms with Gasteiger partial charge in [0.1, 0.15) is 11.6 Å². The van der Waals surface area contributed by atoms with E-state index in [9.17, 15) is 4.79 Å². The second-order valence-corrected chi connectivity index (χ2v) is 13.8. The molecule has 266 valence electrons. The summed E-state index contributed by atoms with van der Waals surface area (Å²) in [4.78, 5) is 25.5. The number of nitrogens with one attached hydrogen (secondary N) is 2. The van der Waals surface area contributed by atoms with E-state index in [4.69, 9.17) is 28.9 Å². The van der Waals surface area contributed by atoms with Gasteiger partial charge < -0.3 is 34.5 Å². The van der Waals surface area contributed by atoms with Gasteiger partial charge in [-0.3, -0.25) is 9.69 Å². The lowest BCUT2D eigenvalue weighted by Gasteiger charge is -2.39. The Morgan fingerprint density at radius 2 is 1.45 bits per heavy atom. The molecule has 0 unspecified atom stereocenters. The quantitative estimate of drug-likeness (QED) is 0.164. The Morgan fingerprint density at radius 3 is 2.09 bits per heavy atom. The Labute approximate surface area is 283 Å². The number of amides is 1. The van der Waals surface area contributed by atoms with Gasteiger partial charge in [-0.25, -0.2) is 9.97 Å². The highest BCUT2D eigenvalue weighted by Gasteiger charge is 2.31. The summed E-state index contributed by atoms with van der Waals surface area (Å²) in [5.41, 5.74) is 1.40. The summed E-state index contributed by atoms with van der Waals surface area (Å²) in [5.74, 6) is 2.58. The zero-order valence-corrected chi connectivity index (χ0v) is 30.0. The number of ether oxygens (including phenoxy) is 4. The number of hydrogen-bond acceptors (Lipinski definition) is 10. The van der Waals surface area contributed by atoms with Gasteiger partial charge in [0.2, 0.25) is 5.91 Å². The van der Waals surface area contributed by atoms with Crippen LogP contribution in [0, 0.1) is 11.3 Å². The van der Waals surface area contributed by atoms with Crippen molar-refractivity contribution in [2.75, 3.05) is 98.4 Å². The van der Waals surface area contributed by atoms with Crippen molar-refractivity contribution in [2.24, 2.45) is 11.3 Å². The molecule has 1 heterocycles. The molecule has 47 heavy (non-hydrogen) atoms. The lowest BCUT2D eigenvalue weighted by atomic mass is 9.71. The van der Waals surface area contributed by atoms with Crippen LogP contribution in [0.15, 0.2) is 24.3 Å². The third kappa shape index (κ3) is 15.6. The Morgan fingerprint density at radius 1 is 0.830 bits per heavy atom. The average Bonchev–Trinajstić information content (AvgIpc) is 3.04. The molecule has 3 rings (SSSR count). The number of anilines is 1. The third-order valence-corrected chi connectivity index (χ3v) is 8.95. The summed E-state index contributed by atoms with van der Waals surface area (Å²) in [6.45, 7) is 16.9. The van der Waals surface area contributed by atoms with E-state index in [1.54, 1.807) is 0 Å². The normalized spacial score (nSPS) is 17.1. The summed E-state index contributed by atoms with van der Waals surface area (Å²) in [7, 11) is 4.36. The van der Waals surface area contributed by atoms with E-state index in [-0.39, 0.29) is 5.91 Å². The molecule has 0 radical (unpaired) electrons. The number of likely N-dealkylation sites (N-methyl/N-ethyl adjacent to an activating group) is 1. The number of carbonyl (C=O) groups is 1. The van der Waals surface area contributed by atoms with Crippen LogP contribution in [-0.4, -0.2) is 125 Å². The standard InChI is InChI=1S/C36H62N6O5/c1-29(43)37-17-20-44-22-24-46-26-27-47-25-23-45-21-19-41(5)18-9-16-38-35-32-10-7-8-11-33(32)39-34(40-35)28-42(6)31-14-12-30(13-15-31)36(2,3)4/h7-8,10-11,30-31H,9,12-28H2,1-6H3,(H,37,43)(H,38,39,40). The lowest BCUT2D eigenvalue weighted by molar-refractivity contribution is -0.119. The number of aromatic nitrogens is 2. The predicted molar refractivity (Wildman–Crippen MR) is 189 cm³/mol. The van der Waals surface area contributed by atoms with Gasteiger partial charge in [0, 0.05) is 38.0 Å². The molecule has 1 amide bonds. The second-order valence-electron chi connectivity index (χ2n) is 13.8. The largest absolute Gasteiger partial charge is 0.378 e. The third-order valence-electron chi connectivity index (χ3n) is 8.95. The maximum Gasteiger partial charge on any atom is 0.216 e. The zero-order valence-electron chi connectivity index (χ0n) is 30.0. The molecule has 11 nitrogen and oxygen atoms in total. The molecule has 1 saturated carbocycles. The van der Waals surface area contributed by atoms with E-state index >= 15 is 0 Å². The van der Waals surface area contributed by atoms with Gasteiger partial charge in [0.05, 0.1) is 64.9 Å². The number of nitrogens with zero attached hydrogens (tertiary/aromatic N) is 4.